The van der Waals surface area contributed by atoms with Crippen LogP contribution in [-0.4, -0.2) is 37.4 Å². The molecule has 0 bridgehead atoms. The normalized spacial score (nSPS) is 12.2. The van der Waals surface area contributed by atoms with Gasteiger partial charge < -0.3 is 20.1 Å². The summed E-state index contributed by atoms with van der Waals surface area (Å²) in [5.41, 5.74) is 0.687. The van der Waals surface area contributed by atoms with Gasteiger partial charge in [-0.1, -0.05) is 0 Å². The van der Waals surface area contributed by atoms with Crippen LogP contribution in [0.2, 0.25) is 0 Å². The van der Waals surface area contributed by atoms with E-state index in [1.165, 1.54) is 25.4 Å². The number of amides is 2. The van der Waals surface area contributed by atoms with Crippen LogP contribution in [0.4, 0.5) is 19.3 Å². The average molecular weight is 325 g/mol. The van der Waals surface area contributed by atoms with Crippen LogP contribution in [0.5, 0.6) is 5.75 Å². The lowest BCUT2D eigenvalue weighted by atomic mass is 10.1. The summed E-state index contributed by atoms with van der Waals surface area (Å²) in [4.78, 5) is 16.0. The Bertz CT molecular complexity index is 682. The Morgan fingerprint density at radius 2 is 2.13 bits per heavy atom. The molecule has 0 saturated heterocycles. The summed E-state index contributed by atoms with van der Waals surface area (Å²) in [5.74, 6) is -0.0469. The first-order chi connectivity index (χ1) is 11.0. The fourth-order valence-corrected chi connectivity index (χ4v) is 2.12. The Morgan fingerprint density at radius 1 is 1.35 bits per heavy atom. The van der Waals surface area contributed by atoms with Gasteiger partial charge in [-0.3, -0.25) is 4.98 Å². The zero-order valence-corrected chi connectivity index (χ0v) is 12.7. The van der Waals surface area contributed by atoms with Crippen LogP contribution in [-0.2, 0) is 4.74 Å². The molecule has 1 aromatic carbocycles. The van der Waals surface area contributed by atoms with E-state index < -0.39 is 12.6 Å². The number of ether oxygens (including phenoxy) is 2. The Balaban J connectivity index is 2.23. The molecule has 2 aromatic rings. The van der Waals surface area contributed by atoms with E-state index in [0.29, 0.717) is 17.7 Å². The van der Waals surface area contributed by atoms with Crippen molar-refractivity contribution in [2.45, 2.75) is 19.6 Å². The van der Waals surface area contributed by atoms with E-state index in [1.54, 1.807) is 19.1 Å². The van der Waals surface area contributed by atoms with Gasteiger partial charge in [0.1, 0.15) is 5.52 Å². The Labute approximate surface area is 131 Å². The third-order valence-corrected chi connectivity index (χ3v) is 2.99. The second kappa shape index (κ2) is 7.68. The number of carbonyl (C=O) groups excluding carboxylic acids is 1. The highest BCUT2D eigenvalue weighted by atomic mass is 19.3. The molecule has 0 spiro atoms. The van der Waals surface area contributed by atoms with Crippen molar-refractivity contribution in [3.8, 4) is 5.75 Å². The number of alkyl halides is 2. The van der Waals surface area contributed by atoms with Crippen molar-refractivity contribution in [2.75, 3.05) is 19.0 Å². The summed E-state index contributed by atoms with van der Waals surface area (Å²) in [5, 5.41) is 5.86. The molecule has 23 heavy (non-hydrogen) atoms. The van der Waals surface area contributed by atoms with Gasteiger partial charge >= 0.3 is 12.6 Å². The molecule has 8 heteroatoms. The van der Waals surface area contributed by atoms with Gasteiger partial charge in [0, 0.05) is 18.7 Å². The van der Waals surface area contributed by atoms with Gasteiger partial charge in [0.25, 0.3) is 0 Å². The van der Waals surface area contributed by atoms with Gasteiger partial charge in [0.2, 0.25) is 0 Å². The lowest BCUT2D eigenvalue weighted by Gasteiger charge is -2.15. The molecule has 0 aliphatic heterocycles. The van der Waals surface area contributed by atoms with E-state index in [1.807, 2.05) is 0 Å². The zero-order chi connectivity index (χ0) is 16.8. The number of rotatable bonds is 6. The van der Waals surface area contributed by atoms with Gasteiger partial charge in [-0.15, -0.1) is 0 Å². The van der Waals surface area contributed by atoms with Gasteiger partial charge in [-0.2, -0.15) is 8.78 Å². The minimum atomic E-state index is -2.95. The first-order valence-electron chi connectivity index (χ1n) is 6.90. The number of methoxy groups -OCH3 is 1. The highest BCUT2D eigenvalue weighted by molar-refractivity contribution is 6.02. The maximum atomic E-state index is 12.4. The van der Waals surface area contributed by atoms with Crippen LogP contribution in [0.3, 0.4) is 0 Å². The van der Waals surface area contributed by atoms with Crippen molar-refractivity contribution in [1.82, 2.24) is 10.3 Å². The van der Waals surface area contributed by atoms with Crippen molar-refractivity contribution in [2.24, 2.45) is 0 Å². The third kappa shape index (κ3) is 4.49. The van der Waals surface area contributed by atoms with Gasteiger partial charge in [0.05, 0.1) is 18.3 Å². The van der Waals surface area contributed by atoms with Gasteiger partial charge in [-0.05, 0) is 31.2 Å². The molecule has 2 rings (SSSR count). The molecule has 0 unspecified atom stereocenters. The topological polar surface area (TPSA) is 72.5 Å². The van der Waals surface area contributed by atoms with Crippen LogP contribution < -0.4 is 15.4 Å². The summed E-state index contributed by atoms with van der Waals surface area (Å²) in [7, 11) is 1.54. The van der Waals surface area contributed by atoms with E-state index >= 15 is 0 Å². The largest absolute Gasteiger partial charge is 0.432 e. The maximum absolute atomic E-state index is 12.4. The number of nitrogens with zero attached hydrogens (tertiary/aromatic N) is 1. The summed E-state index contributed by atoms with van der Waals surface area (Å²) in [6.07, 6.45) is 1.46. The fourth-order valence-electron chi connectivity index (χ4n) is 2.12. The molecule has 6 nitrogen and oxygen atoms in total. The smallest absolute Gasteiger partial charge is 0.387 e. The molecule has 2 N–H and O–H groups in total. The number of nitrogens with one attached hydrogen (secondary N) is 2. The highest BCUT2D eigenvalue weighted by Crippen LogP contribution is 2.30. The van der Waals surface area contributed by atoms with E-state index in [2.05, 4.69) is 20.4 Å². The minimum Gasteiger partial charge on any atom is -0.432 e. The van der Waals surface area contributed by atoms with Crippen molar-refractivity contribution in [3.63, 3.8) is 0 Å². The number of benzene rings is 1. The first-order valence-corrected chi connectivity index (χ1v) is 6.90. The SMILES string of the molecule is COC[C@@H](C)NC(=O)Nc1ccc(OC(F)F)c2ncccc12. The monoisotopic (exact) mass is 325 g/mol. The number of hydrogen-bond donors (Lipinski definition) is 2. The van der Waals surface area contributed by atoms with Crippen molar-refractivity contribution >= 4 is 22.6 Å². The van der Waals surface area contributed by atoms with Crippen molar-refractivity contribution in [1.29, 1.82) is 0 Å². The van der Waals surface area contributed by atoms with Crippen LogP contribution in [0.25, 0.3) is 10.9 Å². The molecule has 0 radical (unpaired) electrons. The van der Waals surface area contributed by atoms with Crippen LogP contribution >= 0.6 is 0 Å². The first kappa shape index (κ1) is 16.9. The van der Waals surface area contributed by atoms with E-state index in [4.69, 9.17) is 4.74 Å². The second-order valence-corrected chi connectivity index (χ2v) is 4.84. The van der Waals surface area contributed by atoms with Crippen LogP contribution in [0.15, 0.2) is 30.5 Å². The molecule has 1 heterocycles. The van der Waals surface area contributed by atoms with Crippen molar-refractivity contribution in [3.05, 3.63) is 30.5 Å². The molecular formula is C15H17F2N3O3. The quantitative estimate of drug-likeness (QED) is 0.856. The molecule has 0 saturated carbocycles. The lowest BCUT2D eigenvalue weighted by Crippen LogP contribution is -2.38. The molecule has 1 aromatic heterocycles. The van der Waals surface area contributed by atoms with Crippen LogP contribution in [0.1, 0.15) is 6.92 Å². The van der Waals surface area contributed by atoms with Crippen molar-refractivity contribution < 1.29 is 23.0 Å². The van der Waals surface area contributed by atoms with E-state index in [0.717, 1.165) is 0 Å². The lowest BCUT2D eigenvalue weighted by molar-refractivity contribution is -0.0489. The minimum absolute atomic E-state index is 0.0469. The number of fused-ring (bicyclic) bond motifs is 1. The Morgan fingerprint density at radius 3 is 2.83 bits per heavy atom. The number of carbonyl (C=O) groups is 1. The molecule has 124 valence electrons. The Kier molecular flexibility index (Phi) is 5.64. The third-order valence-electron chi connectivity index (χ3n) is 2.99. The number of urea groups is 1. The number of anilines is 1. The second-order valence-electron chi connectivity index (χ2n) is 4.84. The number of aromatic nitrogens is 1. The highest BCUT2D eigenvalue weighted by Gasteiger charge is 2.14. The Hall–Kier alpha value is -2.48. The number of hydrogen-bond acceptors (Lipinski definition) is 4. The molecule has 0 aliphatic rings. The predicted molar refractivity (Wildman–Crippen MR) is 81.9 cm³/mol. The molecule has 1 atom stereocenters. The maximum Gasteiger partial charge on any atom is 0.387 e. The number of pyridine rings is 1. The molecule has 2 amide bonds. The fraction of sp³-hybridized carbons (Fsp3) is 0.333. The summed E-state index contributed by atoms with van der Waals surface area (Å²) >= 11 is 0. The van der Waals surface area contributed by atoms with Crippen LogP contribution in [0, 0.1) is 0 Å². The zero-order valence-electron chi connectivity index (χ0n) is 12.7. The van der Waals surface area contributed by atoms with E-state index in [-0.39, 0.29) is 17.3 Å². The molecule has 0 fully saturated rings. The number of halogens is 2. The molecular weight excluding hydrogens is 308 g/mol. The van der Waals surface area contributed by atoms with E-state index in [9.17, 15) is 13.6 Å². The average Bonchev–Trinajstić information content (AvgIpc) is 2.49. The molecule has 0 aliphatic carbocycles. The summed E-state index contributed by atoms with van der Waals surface area (Å²) < 4.78 is 34.2. The predicted octanol–water partition coefficient (Wildman–Crippen LogP) is 2.99. The summed E-state index contributed by atoms with van der Waals surface area (Å²) in [6.45, 7) is -0.781. The van der Waals surface area contributed by atoms with Gasteiger partial charge in [0.15, 0.2) is 5.75 Å². The summed E-state index contributed by atoms with van der Waals surface area (Å²) in [6, 6.07) is 5.53. The van der Waals surface area contributed by atoms with Gasteiger partial charge in [-0.25, -0.2) is 4.79 Å². The standard InChI is InChI=1S/C15H17F2N3O3/c1-9(8-22-2)19-15(21)20-11-5-6-12(23-14(16)17)13-10(11)4-3-7-18-13/h3-7,9,14H,8H2,1-2H3,(H2,19,20,21)/t9-/m1/s1.